The van der Waals surface area contributed by atoms with Crippen molar-refractivity contribution in [1.82, 2.24) is 10.2 Å². The van der Waals surface area contributed by atoms with Crippen LogP contribution in [-0.2, 0) is 0 Å². The predicted molar refractivity (Wildman–Crippen MR) is 81.0 cm³/mol. The van der Waals surface area contributed by atoms with Gasteiger partial charge in [0.1, 0.15) is 5.82 Å². The van der Waals surface area contributed by atoms with Gasteiger partial charge in [0, 0.05) is 17.2 Å². The zero-order valence-electron chi connectivity index (χ0n) is 12.1. The molecule has 2 aromatic rings. The summed E-state index contributed by atoms with van der Waals surface area (Å²) in [6, 6.07) is 6.43. The van der Waals surface area contributed by atoms with E-state index in [1.807, 2.05) is 0 Å². The van der Waals surface area contributed by atoms with Crippen LogP contribution in [0.1, 0.15) is 51.1 Å². The number of H-pyrrole nitrogens is 1. The van der Waals surface area contributed by atoms with E-state index in [1.165, 1.54) is 12.1 Å². The second-order valence-corrected chi connectivity index (χ2v) is 5.18. The molecule has 4 heteroatoms. The van der Waals surface area contributed by atoms with Gasteiger partial charge in [0.25, 0.3) is 0 Å². The van der Waals surface area contributed by atoms with Crippen molar-refractivity contribution < 1.29 is 4.39 Å². The van der Waals surface area contributed by atoms with E-state index in [0.29, 0.717) is 11.7 Å². The van der Waals surface area contributed by atoms with Crippen molar-refractivity contribution in [3.05, 3.63) is 35.8 Å². The number of benzene rings is 1. The van der Waals surface area contributed by atoms with Crippen LogP contribution in [0.2, 0.25) is 0 Å². The zero-order chi connectivity index (χ0) is 14.5. The number of aromatic amines is 1. The fraction of sp³-hybridized carbons (Fsp3) is 0.438. The Kier molecular flexibility index (Phi) is 4.77. The second-order valence-electron chi connectivity index (χ2n) is 5.18. The summed E-state index contributed by atoms with van der Waals surface area (Å²) in [5.74, 6) is 0.676. The van der Waals surface area contributed by atoms with E-state index in [0.717, 1.165) is 42.5 Å². The van der Waals surface area contributed by atoms with E-state index >= 15 is 0 Å². The molecule has 108 valence electrons. The Hall–Kier alpha value is -1.84. The van der Waals surface area contributed by atoms with Crippen molar-refractivity contribution in [1.29, 1.82) is 0 Å². The van der Waals surface area contributed by atoms with Gasteiger partial charge in [-0.25, -0.2) is 4.39 Å². The molecule has 1 aromatic heterocycles. The molecule has 2 rings (SSSR count). The van der Waals surface area contributed by atoms with E-state index in [1.54, 1.807) is 12.1 Å². The largest absolute Gasteiger partial charge is 0.382 e. The Morgan fingerprint density at radius 2 is 1.75 bits per heavy atom. The summed E-state index contributed by atoms with van der Waals surface area (Å²) >= 11 is 0. The molecule has 0 saturated carbocycles. The van der Waals surface area contributed by atoms with Gasteiger partial charge in [-0.2, -0.15) is 5.10 Å². The first-order valence-corrected chi connectivity index (χ1v) is 7.27. The molecule has 0 aliphatic carbocycles. The molecule has 20 heavy (non-hydrogen) atoms. The molecule has 0 unspecified atom stereocenters. The predicted octanol–water partition coefficient (Wildman–Crippen LogP) is 4.48. The van der Waals surface area contributed by atoms with Crippen LogP contribution in [0.5, 0.6) is 0 Å². The van der Waals surface area contributed by atoms with Gasteiger partial charge >= 0.3 is 0 Å². The summed E-state index contributed by atoms with van der Waals surface area (Å²) in [5, 5.41) is 7.25. The third-order valence-electron chi connectivity index (χ3n) is 3.64. The van der Waals surface area contributed by atoms with Gasteiger partial charge in [-0.1, -0.05) is 38.8 Å². The average Bonchev–Trinajstić information content (AvgIpc) is 2.81. The van der Waals surface area contributed by atoms with Crippen LogP contribution in [-0.4, -0.2) is 10.2 Å². The monoisotopic (exact) mass is 275 g/mol. The van der Waals surface area contributed by atoms with E-state index in [2.05, 4.69) is 24.0 Å². The van der Waals surface area contributed by atoms with Gasteiger partial charge in [0.15, 0.2) is 5.82 Å². The van der Waals surface area contributed by atoms with Crippen molar-refractivity contribution in [2.45, 2.75) is 45.4 Å². The Bertz CT molecular complexity index is 539. The Morgan fingerprint density at radius 3 is 2.30 bits per heavy atom. The van der Waals surface area contributed by atoms with Crippen molar-refractivity contribution in [3.8, 4) is 11.1 Å². The van der Waals surface area contributed by atoms with Gasteiger partial charge in [-0.05, 0) is 30.5 Å². The van der Waals surface area contributed by atoms with Crippen molar-refractivity contribution >= 4 is 5.82 Å². The minimum absolute atomic E-state index is 0.240. The fourth-order valence-electron chi connectivity index (χ4n) is 2.72. The number of nitrogens with one attached hydrogen (secondary N) is 1. The summed E-state index contributed by atoms with van der Waals surface area (Å²) in [6.07, 6.45) is 4.44. The third-order valence-corrected chi connectivity index (χ3v) is 3.64. The first-order valence-electron chi connectivity index (χ1n) is 7.27. The topological polar surface area (TPSA) is 54.7 Å². The van der Waals surface area contributed by atoms with E-state index < -0.39 is 0 Å². The van der Waals surface area contributed by atoms with Crippen LogP contribution in [0.25, 0.3) is 11.1 Å². The van der Waals surface area contributed by atoms with Gasteiger partial charge in [0.05, 0.1) is 0 Å². The normalized spacial score (nSPS) is 11.2. The smallest absolute Gasteiger partial charge is 0.153 e. The first kappa shape index (κ1) is 14.6. The number of nitrogens with zero attached hydrogens (tertiary/aromatic N) is 1. The fourth-order valence-corrected chi connectivity index (χ4v) is 2.72. The van der Waals surface area contributed by atoms with Crippen LogP contribution >= 0.6 is 0 Å². The number of nitrogen functional groups attached to an aromatic ring is 1. The molecule has 0 bridgehead atoms. The lowest BCUT2D eigenvalue weighted by Gasteiger charge is -2.16. The summed E-state index contributed by atoms with van der Waals surface area (Å²) in [7, 11) is 0. The maximum atomic E-state index is 13.1. The van der Waals surface area contributed by atoms with Crippen LogP contribution in [0.15, 0.2) is 24.3 Å². The standard InChI is InChI=1S/C16H22FN3/c1-3-5-12(6-4-2)15-14(16(18)20-19-15)11-7-9-13(17)10-8-11/h7-10,12H,3-6H2,1-2H3,(H3,18,19,20). The highest BCUT2D eigenvalue weighted by Gasteiger charge is 2.20. The lowest BCUT2D eigenvalue weighted by molar-refractivity contribution is 0.548. The average molecular weight is 275 g/mol. The molecule has 0 aliphatic heterocycles. The molecule has 3 N–H and O–H groups in total. The lowest BCUT2D eigenvalue weighted by atomic mass is 9.90. The molecular formula is C16H22FN3. The van der Waals surface area contributed by atoms with Gasteiger partial charge in [-0.3, -0.25) is 5.10 Å². The highest BCUT2D eigenvalue weighted by Crippen LogP contribution is 2.36. The number of hydrogen-bond donors (Lipinski definition) is 2. The quantitative estimate of drug-likeness (QED) is 0.816. The van der Waals surface area contributed by atoms with Crippen LogP contribution in [0.3, 0.4) is 0 Å². The summed E-state index contributed by atoms with van der Waals surface area (Å²) in [5.41, 5.74) is 8.94. The van der Waals surface area contributed by atoms with Crippen molar-refractivity contribution in [2.24, 2.45) is 0 Å². The minimum Gasteiger partial charge on any atom is -0.382 e. The number of nitrogens with two attached hydrogens (primary N) is 1. The second kappa shape index (κ2) is 6.55. The first-order chi connectivity index (χ1) is 9.67. The number of rotatable bonds is 6. The van der Waals surface area contributed by atoms with E-state index in [4.69, 9.17) is 5.73 Å². The molecule has 0 spiro atoms. The molecule has 0 atom stereocenters. The third kappa shape index (κ3) is 3.00. The molecule has 0 amide bonds. The van der Waals surface area contributed by atoms with Crippen LogP contribution in [0.4, 0.5) is 10.2 Å². The molecule has 0 fully saturated rings. The van der Waals surface area contributed by atoms with E-state index in [9.17, 15) is 4.39 Å². The molecule has 0 saturated heterocycles. The number of hydrogen-bond acceptors (Lipinski definition) is 2. The lowest BCUT2D eigenvalue weighted by Crippen LogP contribution is -2.01. The van der Waals surface area contributed by atoms with Crippen molar-refractivity contribution in [2.75, 3.05) is 5.73 Å². The van der Waals surface area contributed by atoms with Crippen LogP contribution < -0.4 is 5.73 Å². The number of halogens is 1. The molecular weight excluding hydrogens is 253 g/mol. The summed E-state index contributed by atoms with van der Waals surface area (Å²) < 4.78 is 13.1. The van der Waals surface area contributed by atoms with Gasteiger partial charge in [-0.15, -0.1) is 0 Å². The van der Waals surface area contributed by atoms with E-state index in [-0.39, 0.29) is 5.82 Å². The molecule has 3 nitrogen and oxygen atoms in total. The number of anilines is 1. The minimum atomic E-state index is -0.240. The summed E-state index contributed by atoms with van der Waals surface area (Å²) in [4.78, 5) is 0. The molecule has 0 radical (unpaired) electrons. The maximum absolute atomic E-state index is 13.1. The Labute approximate surface area is 119 Å². The SMILES string of the molecule is CCCC(CCC)c1[nH]nc(N)c1-c1ccc(F)cc1. The van der Waals surface area contributed by atoms with Gasteiger partial charge < -0.3 is 5.73 Å². The number of aromatic nitrogens is 2. The Morgan fingerprint density at radius 1 is 1.15 bits per heavy atom. The van der Waals surface area contributed by atoms with Crippen LogP contribution in [0, 0.1) is 5.82 Å². The Balaban J connectivity index is 2.42. The van der Waals surface area contributed by atoms with Crippen molar-refractivity contribution in [3.63, 3.8) is 0 Å². The highest BCUT2D eigenvalue weighted by molar-refractivity contribution is 5.76. The highest BCUT2D eigenvalue weighted by atomic mass is 19.1. The molecule has 1 heterocycles. The molecule has 0 aliphatic rings. The molecule has 1 aromatic carbocycles. The summed E-state index contributed by atoms with van der Waals surface area (Å²) in [6.45, 7) is 4.36. The zero-order valence-corrected chi connectivity index (χ0v) is 12.1. The van der Waals surface area contributed by atoms with Gasteiger partial charge in [0.2, 0.25) is 0 Å². The maximum Gasteiger partial charge on any atom is 0.153 e.